The maximum Gasteiger partial charge on any atom is 0.265 e. The normalized spacial score (nSPS) is 16.0. The molecule has 0 saturated carbocycles. The van der Waals surface area contributed by atoms with Gasteiger partial charge in [-0.1, -0.05) is 30.3 Å². The second-order valence-electron chi connectivity index (χ2n) is 7.06. The van der Waals surface area contributed by atoms with Gasteiger partial charge in [0.1, 0.15) is 4.88 Å². The Morgan fingerprint density at radius 2 is 1.96 bits per heavy atom. The van der Waals surface area contributed by atoms with Gasteiger partial charge in [-0.3, -0.25) is 4.79 Å². The number of hydrogen-bond acceptors (Lipinski definition) is 4. The average molecular weight is 358 g/mol. The van der Waals surface area contributed by atoms with Crippen LogP contribution in [-0.4, -0.2) is 52.9 Å². The highest BCUT2D eigenvalue weighted by atomic mass is 32.1. The van der Waals surface area contributed by atoms with Crippen molar-refractivity contribution in [3.05, 3.63) is 52.0 Å². The van der Waals surface area contributed by atoms with E-state index in [-0.39, 0.29) is 5.91 Å². The van der Waals surface area contributed by atoms with E-state index in [1.807, 2.05) is 23.1 Å². The molecule has 2 aromatic rings. The number of rotatable bonds is 5. The van der Waals surface area contributed by atoms with Gasteiger partial charge in [0.15, 0.2) is 0 Å². The zero-order chi connectivity index (χ0) is 17.8. The largest absolute Gasteiger partial charge is 0.338 e. The Bertz CT molecular complexity index is 690. The van der Waals surface area contributed by atoms with E-state index in [0.717, 1.165) is 42.2 Å². The fourth-order valence-electron chi connectivity index (χ4n) is 3.32. The van der Waals surface area contributed by atoms with Crippen LogP contribution in [0.3, 0.4) is 0 Å². The number of amides is 1. The van der Waals surface area contributed by atoms with Gasteiger partial charge < -0.3 is 9.80 Å². The Morgan fingerprint density at radius 1 is 1.28 bits per heavy atom. The predicted molar refractivity (Wildman–Crippen MR) is 103 cm³/mol. The van der Waals surface area contributed by atoms with Crippen LogP contribution in [0.25, 0.3) is 0 Å². The average Bonchev–Trinajstić information content (AvgIpc) is 3.10. The van der Waals surface area contributed by atoms with Gasteiger partial charge in [0.05, 0.1) is 11.2 Å². The zero-order valence-electron chi connectivity index (χ0n) is 15.3. The molecule has 1 amide bonds. The highest BCUT2D eigenvalue weighted by Gasteiger charge is 2.27. The Kier molecular flexibility index (Phi) is 5.86. The van der Waals surface area contributed by atoms with Crippen LogP contribution < -0.4 is 0 Å². The van der Waals surface area contributed by atoms with Gasteiger partial charge in [-0.2, -0.15) is 0 Å². The summed E-state index contributed by atoms with van der Waals surface area (Å²) < 4.78 is 0. The molecule has 0 unspecified atom stereocenters. The van der Waals surface area contributed by atoms with Crippen molar-refractivity contribution in [2.45, 2.75) is 45.2 Å². The monoisotopic (exact) mass is 357 g/mol. The van der Waals surface area contributed by atoms with E-state index in [4.69, 9.17) is 0 Å². The lowest BCUT2D eigenvalue weighted by molar-refractivity contribution is 0.0622. The first kappa shape index (κ1) is 18.1. The minimum absolute atomic E-state index is 0.141. The third-order valence-electron chi connectivity index (χ3n) is 5.10. The molecule has 4 nitrogen and oxygen atoms in total. The van der Waals surface area contributed by atoms with Crippen molar-refractivity contribution in [3.63, 3.8) is 0 Å². The number of benzene rings is 1. The van der Waals surface area contributed by atoms with Gasteiger partial charge in [0, 0.05) is 31.6 Å². The van der Waals surface area contributed by atoms with Crippen LogP contribution in [-0.2, 0) is 6.42 Å². The maximum atomic E-state index is 12.8. The van der Waals surface area contributed by atoms with Crippen molar-refractivity contribution in [2.75, 3.05) is 20.1 Å². The molecule has 134 valence electrons. The lowest BCUT2D eigenvalue weighted by atomic mass is 10.0. The molecule has 0 spiro atoms. The third kappa shape index (κ3) is 4.47. The van der Waals surface area contributed by atoms with Gasteiger partial charge in [0.2, 0.25) is 0 Å². The van der Waals surface area contributed by atoms with Gasteiger partial charge in [0.25, 0.3) is 5.91 Å². The first-order valence-electron chi connectivity index (χ1n) is 9.04. The van der Waals surface area contributed by atoms with Crippen LogP contribution in [0.4, 0.5) is 0 Å². The predicted octanol–water partition coefficient (Wildman–Crippen LogP) is 3.68. The smallest absolute Gasteiger partial charge is 0.265 e. The van der Waals surface area contributed by atoms with Crippen LogP contribution in [0.15, 0.2) is 36.5 Å². The summed E-state index contributed by atoms with van der Waals surface area (Å²) >= 11 is 1.53. The topological polar surface area (TPSA) is 36.4 Å². The molecule has 1 aliphatic rings. The van der Waals surface area contributed by atoms with Crippen molar-refractivity contribution in [3.8, 4) is 0 Å². The molecule has 0 bridgehead atoms. The van der Waals surface area contributed by atoms with E-state index in [0.29, 0.717) is 12.1 Å². The van der Waals surface area contributed by atoms with E-state index >= 15 is 0 Å². The number of piperidine rings is 1. The number of aromatic nitrogens is 1. The summed E-state index contributed by atoms with van der Waals surface area (Å²) in [6, 6.07) is 11.4. The minimum Gasteiger partial charge on any atom is -0.338 e. The Hall–Kier alpha value is -1.72. The first-order chi connectivity index (χ1) is 12.0. The van der Waals surface area contributed by atoms with Gasteiger partial charge >= 0.3 is 0 Å². The van der Waals surface area contributed by atoms with Crippen molar-refractivity contribution >= 4 is 17.2 Å². The number of nitrogens with zero attached hydrogens (tertiary/aromatic N) is 3. The lowest BCUT2D eigenvalue weighted by Crippen LogP contribution is -2.47. The number of hydrogen-bond donors (Lipinski definition) is 0. The Labute approximate surface area is 154 Å². The van der Waals surface area contributed by atoms with E-state index in [2.05, 4.69) is 42.9 Å². The van der Waals surface area contributed by atoms with E-state index in [1.54, 1.807) is 6.20 Å². The summed E-state index contributed by atoms with van der Waals surface area (Å²) in [5.74, 6) is 0.141. The molecular formula is C20H27N3OS. The van der Waals surface area contributed by atoms with E-state index in [1.165, 1.54) is 16.9 Å². The third-order valence-corrected chi connectivity index (χ3v) is 6.09. The number of likely N-dealkylation sites (tertiary alicyclic amines) is 1. The second kappa shape index (κ2) is 8.11. The summed E-state index contributed by atoms with van der Waals surface area (Å²) in [6.07, 6.45) is 4.64. The molecular weight excluding hydrogens is 330 g/mol. The SMILES string of the molecule is CC(C)N(C)C1CCN(C(=O)c2cnc(Cc3ccccc3)s2)CC1. The highest BCUT2D eigenvalue weighted by molar-refractivity contribution is 7.13. The molecule has 25 heavy (non-hydrogen) atoms. The van der Waals surface area contributed by atoms with Crippen LogP contribution in [0.5, 0.6) is 0 Å². The van der Waals surface area contributed by atoms with Crippen molar-refractivity contribution in [2.24, 2.45) is 0 Å². The molecule has 3 rings (SSSR count). The van der Waals surface area contributed by atoms with Crippen molar-refractivity contribution in [1.82, 2.24) is 14.8 Å². The second-order valence-corrected chi connectivity index (χ2v) is 8.18. The molecule has 0 radical (unpaired) electrons. The molecule has 0 aliphatic carbocycles. The van der Waals surface area contributed by atoms with Crippen molar-refractivity contribution < 1.29 is 4.79 Å². The summed E-state index contributed by atoms with van der Waals surface area (Å²) in [7, 11) is 2.19. The Balaban J connectivity index is 1.57. The van der Waals surface area contributed by atoms with Crippen molar-refractivity contribution in [1.29, 1.82) is 0 Å². The fourth-order valence-corrected chi connectivity index (χ4v) is 4.23. The molecule has 2 heterocycles. The molecule has 0 atom stereocenters. The van der Waals surface area contributed by atoms with Gasteiger partial charge in [-0.25, -0.2) is 4.98 Å². The number of thiazole rings is 1. The molecule has 1 fully saturated rings. The van der Waals surface area contributed by atoms with Gasteiger partial charge in [-0.05, 0) is 39.3 Å². The molecule has 0 N–H and O–H groups in total. The maximum absolute atomic E-state index is 12.8. The van der Waals surface area contributed by atoms with Crippen LogP contribution in [0.2, 0.25) is 0 Å². The summed E-state index contributed by atoms with van der Waals surface area (Å²) in [5.41, 5.74) is 1.23. The number of carbonyl (C=O) groups is 1. The zero-order valence-corrected chi connectivity index (χ0v) is 16.1. The molecule has 1 aromatic heterocycles. The lowest BCUT2D eigenvalue weighted by Gasteiger charge is -2.38. The summed E-state index contributed by atoms with van der Waals surface area (Å²) in [6.45, 7) is 6.13. The quantitative estimate of drug-likeness (QED) is 0.819. The minimum atomic E-state index is 0.141. The molecule has 1 saturated heterocycles. The number of carbonyl (C=O) groups excluding carboxylic acids is 1. The van der Waals surface area contributed by atoms with E-state index < -0.39 is 0 Å². The molecule has 5 heteroatoms. The molecule has 1 aromatic carbocycles. The molecule has 1 aliphatic heterocycles. The van der Waals surface area contributed by atoms with Crippen LogP contribution in [0.1, 0.15) is 46.9 Å². The summed E-state index contributed by atoms with van der Waals surface area (Å²) in [5, 5.41) is 1.00. The van der Waals surface area contributed by atoms with Crippen LogP contribution in [0, 0.1) is 0 Å². The standard InChI is InChI=1S/C20H27N3OS/c1-15(2)22(3)17-9-11-23(12-10-17)20(24)18-14-21-19(25-18)13-16-7-5-4-6-8-16/h4-8,14-15,17H,9-13H2,1-3H3. The van der Waals surface area contributed by atoms with E-state index in [9.17, 15) is 4.79 Å². The fraction of sp³-hybridized carbons (Fsp3) is 0.500. The van der Waals surface area contributed by atoms with Crippen LogP contribution >= 0.6 is 11.3 Å². The Morgan fingerprint density at radius 3 is 2.60 bits per heavy atom. The summed E-state index contributed by atoms with van der Waals surface area (Å²) in [4.78, 5) is 22.4. The first-order valence-corrected chi connectivity index (χ1v) is 9.86. The van der Waals surface area contributed by atoms with Gasteiger partial charge in [-0.15, -0.1) is 11.3 Å². The highest BCUT2D eigenvalue weighted by Crippen LogP contribution is 2.22.